The lowest BCUT2D eigenvalue weighted by atomic mass is 10.2. The van der Waals surface area contributed by atoms with Gasteiger partial charge in [-0.25, -0.2) is 0 Å². The van der Waals surface area contributed by atoms with Crippen LogP contribution in [0, 0.1) is 0 Å². The van der Waals surface area contributed by atoms with Crippen LogP contribution in [0.5, 0.6) is 0 Å². The van der Waals surface area contributed by atoms with Crippen molar-refractivity contribution in [1.82, 2.24) is 0 Å². The molecule has 0 fully saturated rings. The molecule has 3 aromatic rings. The molecule has 2 amide bonds. The first-order valence-corrected chi connectivity index (χ1v) is 8.06. The summed E-state index contributed by atoms with van der Waals surface area (Å²) in [5.74, 6) is 0.196. The summed E-state index contributed by atoms with van der Waals surface area (Å²) >= 11 is 1.38. The Morgan fingerprint density at radius 1 is 0.958 bits per heavy atom. The molecule has 0 saturated heterocycles. The van der Waals surface area contributed by atoms with Gasteiger partial charge in [0.25, 0.3) is 5.91 Å². The molecule has 0 aliphatic heterocycles. The van der Waals surface area contributed by atoms with Crippen LogP contribution in [0.25, 0.3) is 6.08 Å². The second-order valence-corrected chi connectivity index (χ2v) is 5.79. The van der Waals surface area contributed by atoms with Gasteiger partial charge in [-0.2, -0.15) is 0 Å². The minimum atomic E-state index is -0.262. The minimum Gasteiger partial charge on any atom is -0.465 e. The number of nitrogens with one attached hydrogen (secondary N) is 2. The number of hydrogen-bond acceptors (Lipinski definition) is 4. The van der Waals surface area contributed by atoms with Crippen molar-refractivity contribution in [2.75, 3.05) is 10.6 Å². The van der Waals surface area contributed by atoms with Crippen LogP contribution in [0.4, 0.5) is 11.4 Å². The molecular formula is C18H14N2O3S. The number of hydrogen-bond donors (Lipinski definition) is 2. The van der Waals surface area contributed by atoms with Gasteiger partial charge in [-0.1, -0.05) is 6.07 Å². The van der Waals surface area contributed by atoms with Gasteiger partial charge < -0.3 is 15.1 Å². The predicted molar refractivity (Wildman–Crippen MR) is 95.1 cm³/mol. The van der Waals surface area contributed by atoms with Gasteiger partial charge in [-0.15, -0.1) is 11.3 Å². The Morgan fingerprint density at radius 3 is 2.33 bits per heavy atom. The summed E-state index contributed by atoms with van der Waals surface area (Å²) in [6.45, 7) is 0. The highest BCUT2D eigenvalue weighted by Crippen LogP contribution is 2.16. The lowest BCUT2D eigenvalue weighted by Gasteiger charge is -2.06. The van der Waals surface area contributed by atoms with Gasteiger partial charge in [0.05, 0.1) is 11.1 Å². The molecule has 0 radical (unpaired) electrons. The molecule has 0 bridgehead atoms. The van der Waals surface area contributed by atoms with Gasteiger partial charge in [0.15, 0.2) is 0 Å². The van der Waals surface area contributed by atoms with E-state index in [4.69, 9.17) is 4.42 Å². The molecule has 5 nitrogen and oxygen atoms in total. The van der Waals surface area contributed by atoms with Crippen LogP contribution < -0.4 is 10.6 Å². The van der Waals surface area contributed by atoms with Crippen molar-refractivity contribution >= 4 is 40.6 Å². The molecule has 0 atom stereocenters. The standard InChI is InChI=1S/C18H14N2O3S/c21-17(10-9-15-3-1-11-23-15)19-13-5-7-14(8-6-13)20-18(22)16-4-2-12-24-16/h1-12H,(H,19,21)(H,20,22). The zero-order valence-electron chi connectivity index (χ0n) is 12.6. The van der Waals surface area contributed by atoms with E-state index in [9.17, 15) is 9.59 Å². The van der Waals surface area contributed by atoms with Gasteiger partial charge in [0.1, 0.15) is 5.76 Å². The van der Waals surface area contributed by atoms with E-state index in [1.54, 1.807) is 54.8 Å². The molecule has 6 heteroatoms. The molecule has 1 aromatic carbocycles. The fraction of sp³-hybridized carbons (Fsp3) is 0. The third-order valence-corrected chi connectivity index (χ3v) is 3.97. The topological polar surface area (TPSA) is 71.3 Å². The average Bonchev–Trinajstić information content (AvgIpc) is 3.28. The maximum Gasteiger partial charge on any atom is 0.265 e. The lowest BCUT2D eigenvalue weighted by Crippen LogP contribution is -2.10. The Morgan fingerprint density at radius 2 is 1.71 bits per heavy atom. The summed E-state index contributed by atoms with van der Waals surface area (Å²) in [7, 11) is 0. The molecule has 0 aliphatic rings. The first kappa shape index (κ1) is 15.8. The van der Waals surface area contributed by atoms with Crippen molar-refractivity contribution in [3.8, 4) is 0 Å². The van der Waals surface area contributed by atoms with E-state index >= 15 is 0 Å². The van der Waals surface area contributed by atoms with E-state index in [2.05, 4.69) is 10.6 Å². The lowest BCUT2D eigenvalue weighted by molar-refractivity contribution is -0.111. The quantitative estimate of drug-likeness (QED) is 0.683. The molecular weight excluding hydrogens is 324 g/mol. The van der Waals surface area contributed by atoms with E-state index in [0.717, 1.165) is 0 Å². The third kappa shape index (κ3) is 4.21. The first-order valence-electron chi connectivity index (χ1n) is 7.18. The summed E-state index contributed by atoms with van der Waals surface area (Å²) in [5.41, 5.74) is 1.30. The van der Waals surface area contributed by atoms with Gasteiger partial charge >= 0.3 is 0 Å². The van der Waals surface area contributed by atoms with Crippen molar-refractivity contribution in [2.24, 2.45) is 0 Å². The van der Waals surface area contributed by atoms with Gasteiger partial charge in [-0.05, 0) is 53.9 Å². The number of benzene rings is 1. The van der Waals surface area contributed by atoms with Crippen LogP contribution in [-0.2, 0) is 4.79 Å². The summed E-state index contributed by atoms with van der Waals surface area (Å²) in [5, 5.41) is 7.39. The van der Waals surface area contributed by atoms with Crippen LogP contribution in [0.15, 0.2) is 70.7 Å². The van der Waals surface area contributed by atoms with Crippen LogP contribution in [-0.4, -0.2) is 11.8 Å². The van der Waals surface area contributed by atoms with Crippen molar-refractivity contribution < 1.29 is 14.0 Å². The number of furan rings is 1. The van der Waals surface area contributed by atoms with E-state index in [0.29, 0.717) is 22.0 Å². The first-order chi connectivity index (χ1) is 11.7. The number of carbonyl (C=O) groups excluding carboxylic acids is 2. The largest absolute Gasteiger partial charge is 0.465 e. The van der Waals surface area contributed by atoms with Crippen LogP contribution in [0.1, 0.15) is 15.4 Å². The van der Waals surface area contributed by atoms with Crippen molar-refractivity contribution in [3.05, 3.63) is 76.9 Å². The highest BCUT2D eigenvalue weighted by molar-refractivity contribution is 7.12. The maximum atomic E-state index is 11.9. The molecule has 2 N–H and O–H groups in total. The number of thiophene rings is 1. The Kier molecular flexibility index (Phi) is 4.88. The zero-order valence-corrected chi connectivity index (χ0v) is 13.4. The fourth-order valence-corrected chi connectivity index (χ4v) is 2.58. The Balaban J connectivity index is 1.56. The van der Waals surface area contributed by atoms with Crippen molar-refractivity contribution in [2.45, 2.75) is 0 Å². The summed E-state index contributed by atoms with van der Waals surface area (Å²) in [6, 6.07) is 14.0. The van der Waals surface area contributed by atoms with Crippen LogP contribution in [0.3, 0.4) is 0 Å². The SMILES string of the molecule is O=C(C=Cc1ccco1)Nc1ccc(NC(=O)c2cccs2)cc1. The summed E-state index contributed by atoms with van der Waals surface area (Å²) < 4.78 is 5.11. The van der Waals surface area contributed by atoms with E-state index < -0.39 is 0 Å². The Labute approximate surface area is 142 Å². The van der Waals surface area contributed by atoms with Gasteiger partial charge in [0.2, 0.25) is 5.91 Å². The Hall–Kier alpha value is -3.12. The molecule has 3 rings (SSSR count). The minimum absolute atomic E-state index is 0.150. The van der Waals surface area contributed by atoms with E-state index in [1.807, 2.05) is 11.4 Å². The highest BCUT2D eigenvalue weighted by Gasteiger charge is 2.06. The number of carbonyl (C=O) groups is 2. The average molecular weight is 338 g/mol. The fourth-order valence-electron chi connectivity index (χ4n) is 1.97. The predicted octanol–water partition coefficient (Wildman–Crippen LogP) is 4.25. The normalized spacial score (nSPS) is 10.7. The molecule has 0 aliphatic carbocycles. The van der Waals surface area contributed by atoms with E-state index in [1.165, 1.54) is 17.4 Å². The number of rotatable bonds is 5. The highest BCUT2D eigenvalue weighted by atomic mass is 32.1. The third-order valence-electron chi connectivity index (χ3n) is 3.10. The molecule has 0 unspecified atom stereocenters. The summed E-state index contributed by atoms with van der Waals surface area (Å²) in [4.78, 5) is 24.4. The smallest absolute Gasteiger partial charge is 0.265 e. The van der Waals surface area contributed by atoms with Crippen LogP contribution >= 0.6 is 11.3 Å². The van der Waals surface area contributed by atoms with Crippen molar-refractivity contribution in [1.29, 1.82) is 0 Å². The second-order valence-electron chi connectivity index (χ2n) is 4.85. The monoisotopic (exact) mass is 338 g/mol. The summed E-state index contributed by atoms with van der Waals surface area (Å²) in [6.07, 6.45) is 4.52. The molecule has 24 heavy (non-hydrogen) atoms. The molecule has 2 heterocycles. The van der Waals surface area contributed by atoms with Crippen LogP contribution in [0.2, 0.25) is 0 Å². The van der Waals surface area contributed by atoms with E-state index in [-0.39, 0.29) is 11.8 Å². The molecule has 0 spiro atoms. The molecule has 120 valence electrons. The Bertz CT molecular complexity index is 835. The maximum absolute atomic E-state index is 11.9. The van der Waals surface area contributed by atoms with Gasteiger partial charge in [-0.3, -0.25) is 9.59 Å². The number of amides is 2. The second kappa shape index (κ2) is 7.43. The zero-order chi connectivity index (χ0) is 16.8. The van der Waals surface area contributed by atoms with Gasteiger partial charge in [0, 0.05) is 17.5 Å². The number of anilines is 2. The van der Waals surface area contributed by atoms with Crippen molar-refractivity contribution in [3.63, 3.8) is 0 Å². The molecule has 0 saturated carbocycles. The molecule has 2 aromatic heterocycles.